The molecule has 0 saturated carbocycles. The van der Waals surface area contributed by atoms with Crippen molar-refractivity contribution >= 4 is 17.7 Å². The van der Waals surface area contributed by atoms with Gasteiger partial charge in [-0.3, -0.25) is 9.59 Å². The van der Waals surface area contributed by atoms with E-state index in [1.54, 1.807) is 36.4 Å². The lowest BCUT2D eigenvalue weighted by Crippen LogP contribution is -2.20. The first kappa shape index (κ1) is 20.1. The van der Waals surface area contributed by atoms with Crippen LogP contribution in [-0.4, -0.2) is 49.3 Å². The molecule has 27 heavy (non-hydrogen) atoms. The van der Waals surface area contributed by atoms with Crippen molar-refractivity contribution in [2.24, 2.45) is 0 Å². The van der Waals surface area contributed by atoms with Crippen molar-refractivity contribution in [3.63, 3.8) is 0 Å². The Morgan fingerprint density at radius 2 is 1.41 bits per heavy atom. The topological polar surface area (TPSA) is 99.1 Å². The van der Waals surface area contributed by atoms with Gasteiger partial charge in [-0.15, -0.1) is 0 Å². The summed E-state index contributed by atoms with van der Waals surface area (Å²) < 4.78 is 15.0. The highest BCUT2D eigenvalue weighted by molar-refractivity contribution is 6.40. The Balaban J connectivity index is 1.54. The molecule has 0 saturated heterocycles. The molecule has 142 valence electrons. The Bertz CT molecular complexity index is 771. The molecule has 0 heterocycles. The number of phenolic OH excluding ortho intramolecular Hbond substituents is 1. The zero-order chi connectivity index (χ0) is 19.5. The first-order chi connectivity index (χ1) is 13.1. The average molecular weight is 372 g/mol. The Kier molecular flexibility index (Phi) is 7.99. The number of Topliss-reactive ketones (excluding diaryl/α,β-unsaturated/α-hetero) is 1. The van der Waals surface area contributed by atoms with Crippen molar-refractivity contribution in [2.75, 3.05) is 26.4 Å². The Morgan fingerprint density at radius 1 is 0.778 bits per heavy atom. The second-order valence-electron chi connectivity index (χ2n) is 5.47. The van der Waals surface area contributed by atoms with Crippen molar-refractivity contribution in [1.29, 1.82) is 0 Å². The number of aromatic hydroxyl groups is 1. The molecule has 0 fully saturated rings. The number of esters is 2. The molecule has 1 N–H and O–H groups in total. The highest BCUT2D eigenvalue weighted by atomic mass is 16.6. The standard InChI is InChI=1S/C20H20O7/c21-17-9-5-4-8-16(17)14-18(22)26-12-10-25-11-13-27-20(24)19(23)15-6-2-1-3-7-15/h1-9,21H,10-14H2. The lowest BCUT2D eigenvalue weighted by atomic mass is 10.1. The molecule has 0 aliphatic carbocycles. The first-order valence-corrected chi connectivity index (χ1v) is 8.34. The smallest absolute Gasteiger partial charge is 0.379 e. The van der Waals surface area contributed by atoms with Crippen LogP contribution in [0.3, 0.4) is 0 Å². The maximum atomic E-state index is 11.8. The summed E-state index contributed by atoms with van der Waals surface area (Å²) in [6.07, 6.45) is -0.0358. The molecule has 0 aliphatic heterocycles. The Morgan fingerprint density at radius 3 is 2.11 bits per heavy atom. The van der Waals surface area contributed by atoms with E-state index in [2.05, 4.69) is 0 Å². The number of hydrogen-bond acceptors (Lipinski definition) is 7. The number of benzene rings is 2. The predicted molar refractivity (Wildman–Crippen MR) is 95.3 cm³/mol. The van der Waals surface area contributed by atoms with Gasteiger partial charge in [-0.2, -0.15) is 0 Å². The van der Waals surface area contributed by atoms with Crippen LogP contribution < -0.4 is 0 Å². The van der Waals surface area contributed by atoms with Gasteiger partial charge in [0.2, 0.25) is 0 Å². The number of hydrogen-bond donors (Lipinski definition) is 1. The highest BCUT2D eigenvalue weighted by Crippen LogP contribution is 2.16. The summed E-state index contributed by atoms with van der Waals surface area (Å²) in [7, 11) is 0. The summed E-state index contributed by atoms with van der Waals surface area (Å²) in [6.45, 7) is 0.147. The largest absolute Gasteiger partial charge is 0.508 e. The third-order valence-corrected chi connectivity index (χ3v) is 3.50. The molecule has 7 heteroatoms. The number of para-hydroxylation sites is 1. The van der Waals surface area contributed by atoms with Gasteiger partial charge in [-0.25, -0.2) is 4.79 Å². The SMILES string of the molecule is O=C(Cc1ccccc1O)OCCOCCOC(=O)C(=O)c1ccccc1. The van der Waals surface area contributed by atoms with Crippen LogP contribution in [0.25, 0.3) is 0 Å². The Hall–Kier alpha value is -3.19. The van der Waals surface area contributed by atoms with Gasteiger partial charge < -0.3 is 19.3 Å². The van der Waals surface area contributed by atoms with E-state index in [4.69, 9.17) is 14.2 Å². The summed E-state index contributed by atoms with van der Waals surface area (Å²) in [6, 6.07) is 14.6. The van der Waals surface area contributed by atoms with Crippen LogP contribution in [0.1, 0.15) is 15.9 Å². The lowest BCUT2D eigenvalue weighted by molar-refractivity contribution is -0.144. The van der Waals surface area contributed by atoms with Gasteiger partial charge in [-0.05, 0) is 6.07 Å². The fourth-order valence-electron chi connectivity index (χ4n) is 2.15. The molecule has 0 bridgehead atoms. The predicted octanol–water partition coefficient (Wildman–Crippen LogP) is 1.92. The maximum absolute atomic E-state index is 11.8. The van der Waals surface area contributed by atoms with Crippen molar-refractivity contribution in [1.82, 2.24) is 0 Å². The Labute approximate surface area is 156 Å². The fraction of sp³-hybridized carbons (Fsp3) is 0.250. The van der Waals surface area contributed by atoms with E-state index in [9.17, 15) is 19.5 Å². The van der Waals surface area contributed by atoms with E-state index < -0.39 is 17.7 Å². The number of carbonyl (C=O) groups is 3. The van der Waals surface area contributed by atoms with Crippen LogP contribution in [-0.2, 0) is 30.2 Å². The number of phenols is 1. The summed E-state index contributed by atoms with van der Waals surface area (Å²) in [5.41, 5.74) is 0.748. The normalized spacial score (nSPS) is 10.2. The molecule has 0 radical (unpaired) electrons. The monoisotopic (exact) mass is 372 g/mol. The van der Waals surface area contributed by atoms with E-state index in [0.29, 0.717) is 5.56 Å². The van der Waals surface area contributed by atoms with Gasteiger partial charge in [-0.1, -0.05) is 48.5 Å². The van der Waals surface area contributed by atoms with Gasteiger partial charge in [0.1, 0.15) is 19.0 Å². The maximum Gasteiger partial charge on any atom is 0.379 e. The summed E-state index contributed by atoms with van der Waals surface area (Å²) >= 11 is 0. The molecular weight excluding hydrogens is 352 g/mol. The van der Waals surface area contributed by atoms with E-state index in [-0.39, 0.29) is 44.2 Å². The fourth-order valence-corrected chi connectivity index (χ4v) is 2.15. The average Bonchev–Trinajstić information content (AvgIpc) is 2.69. The van der Waals surface area contributed by atoms with E-state index in [0.717, 1.165) is 0 Å². The van der Waals surface area contributed by atoms with Crippen molar-refractivity contribution in [3.05, 3.63) is 65.7 Å². The molecule has 0 atom stereocenters. The highest BCUT2D eigenvalue weighted by Gasteiger charge is 2.17. The van der Waals surface area contributed by atoms with Gasteiger partial charge in [0, 0.05) is 11.1 Å². The summed E-state index contributed by atoms with van der Waals surface area (Å²) in [5, 5.41) is 9.59. The van der Waals surface area contributed by atoms with Gasteiger partial charge >= 0.3 is 11.9 Å². The zero-order valence-corrected chi connectivity index (χ0v) is 14.6. The van der Waals surface area contributed by atoms with Crippen LogP contribution >= 0.6 is 0 Å². The zero-order valence-electron chi connectivity index (χ0n) is 14.6. The summed E-state index contributed by atoms with van der Waals surface area (Å²) in [4.78, 5) is 35.0. The second kappa shape index (κ2) is 10.7. The number of ketones is 1. The van der Waals surface area contributed by atoms with Crippen molar-refractivity contribution in [2.45, 2.75) is 6.42 Å². The molecule has 0 amide bonds. The van der Waals surface area contributed by atoms with Crippen LogP contribution in [0.15, 0.2) is 54.6 Å². The molecular formula is C20H20O7. The molecule has 0 unspecified atom stereocenters. The van der Waals surface area contributed by atoms with Crippen LogP contribution in [0.2, 0.25) is 0 Å². The molecule has 0 aliphatic rings. The quantitative estimate of drug-likeness (QED) is 0.294. The molecule has 2 aromatic carbocycles. The molecule has 0 aromatic heterocycles. The molecule has 0 spiro atoms. The molecule has 7 nitrogen and oxygen atoms in total. The molecule has 2 aromatic rings. The van der Waals surface area contributed by atoms with E-state index >= 15 is 0 Å². The van der Waals surface area contributed by atoms with Crippen LogP contribution in [0.4, 0.5) is 0 Å². The minimum atomic E-state index is -0.945. The molecule has 2 rings (SSSR count). The number of carbonyl (C=O) groups excluding carboxylic acids is 3. The minimum absolute atomic E-state index is 0.0311. The number of ether oxygens (including phenoxy) is 3. The van der Waals surface area contributed by atoms with Crippen LogP contribution in [0.5, 0.6) is 5.75 Å². The third-order valence-electron chi connectivity index (χ3n) is 3.50. The van der Waals surface area contributed by atoms with Gasteiger partial charge in [0.15, 0.2) is 0 Å². The second-order valence-corrected chi connectivity index (χ2v) is 5.47. The first-order valence-electron chi connectivity index (χ1n) is 8.34. The lowest BCUT2D eigenvalue weighted by Gasteiger charge is -2.07. The van der Waals surface area contributed by atoms with Crippen molar-refractivity contribution in [3.8, 4) is 5.75 Å². The third kappa shape index (κ3) is 6.91. The number of rotatable bonds is 10. The van der Waals surface area contributed by atoms with E-state index in [1.165, 1.54) is 18.2 Å². The van der Waals surface area contributed by atoms with Gasteiger partial charge in [0.05, 0.1) is 19.6 Å². The van der Waals surface area contributed by atoms with Gasteiger partial charge in [0.25, 0.3) is 5.78 Å². The van der Waals surface area contributed by atoms with Crippen molar-refractivity contribution < 1.29 is 33.7 Å². The minimum Gasteiger partial charge on any atom is -0.508 e. The van der Waals surface area contributed by atoms with E-state index in [1.807, 2.05) is 0 Å². The summed E-state index contributed by atoms with van der Waals surface area (Å²) in [5.74, 6) is -2.11. The van der Waals surface area contributed by atoms with Crippen LogP contribution in [0, 0.1) is 0 Å².